The van der Waals surface area contributed by atoms with Crippen LogP contribution in [0.5, 0.6) is 0 Å². The van der Waals surface area contributed by atoms with Gasteiger partial charge in [0.2, 0.25) is 11.8 Å². The Balaban J connectivity index is 1.13. The lowest BCUT2D eigenvalue weighted by Gasteiger charge is -2.45. The number of ether oxygens (including phenoxy) is 1. The summed E-state index contributed by atoms with van der Waals surface area (Å²) in [6, 6.07) is 20.5. The van der Waals surface area contributed by atoms with Gasteiger partial charge in [-0.15, -0.1) is 0 Å². The van der Waals surface area contributed by atoms with Crippen LogP contribution in [-0.4, -0.2) is 47.1 Å². The Bertz CT molecular complexity index is 1460. The van der Waals surface area contributed by atoms with Crippen LogP contribution in [0.1, 0.15) is 51.4 Å². The number of likely N-dealkylation sites (tertiary alicyclic amines) is 1. The van der Waals surface area contributed by atoms with Gasteiger partial charge in [0.25, 0.3) is 11.8 Å². The van der Waals surface area contributed by atoms with Crippen molar-refractivity contribution in [1.29, 1.82) is 0 Å². The zero-order valence-corrected chi connectivity index (χ0v) is 22.1. The first kappa shape index (κ1) is 25.8. The summed E-state index contributed by atoms with van der Waals surface area (Å²) in [5.41, 5.74) is 8.77. The Morgan fingerprint density at radius 2 is 1.27 bits per heavy atom. The Morgan fingerprint density at radius 1 is 0.800 bits per heavy atom. The zero-order chi connectivity index (χ0) is 28.1. The Labute approximate surface area is 234 Å². The third-order valence-corrected chi connectivity index (χ3v) is 8.23. The number of hydrazine groups is 1. The first-order valence-electron chi connectivity index (χ1n) is 12.8. The Kier molecular flexibility index (Phi) is 6.38. The second-order valence-electron chi connectivity index (χ2n) is 10.1. The van der Waals surface area contributed by atoms with Gasteiger partial charge in [0.1, 0.15) is 6.04 Å². The second-order valence-corrected chi connectivity index (χ2v) is 10.5. The highest BCUT2D eigenvalue weighted by Gasteiger charge is 2.62. The number of carbonyl (C=O) groups is 5. The molecule has 0 saturated carbocycles. The second kappa shape index (κ2) is 9.91. The van der Waals surface area contributed by atoms with Crippen LogP contribution in [0.15, 0.2) is 72.8 Å². The molecule has 1 fully saturated rings. The molecule has 0 aromatic heterocycles. The molecule has 0 spiro atoms. The molecule has 0 unspecified atom stereocenters. The first-order chi connectivity index (χ1) is 19.3. The minimum Gasteiger partial charge on any atom is -0.454 e. The molecule has 0 radical (unpaired) electrons. The first-order valence-corrected chi connectivity index (χ1v) is 13.2. The van der Waals surface area contributed by atoms with Gasteiger partial charge in [-0.3, -0.25) is 34.9 Å². The zero-order valence-electron chi connectivity index (χ0n) is 21.3. The van der Waals surface area contributed by atoms with Crippen LogP contribution in [0.4, 0.5) is 0 Å². The summed E-state index contributed by atoms with van der Waals surface area (Å²) in [5, 5.41) is 0.456. The molecule has 3 aromatic carbocycles. The average Bonchev–Trinajstić information content (AvgIpc) is 3.24. The van der Waals surface area contributed by atoms with Crippen LogP contribution >= 0.6 is 11.6 Å². The van der Waals surface area contributed by atoms with Gasteiger partial charge in [0, 0.05) is 22.4 Å². The van der Waals surface area contributed by atoms with E-state index in [1.165, 1.54) is 31.2 Å². The monoisotopic (exact) mass is 557 g/mol. The molecule has 4 aliphatic rings. The third-order valence-electron chi connectivity index (χ3n) is 7.98. The molecule has 7 rings (SSSR count). The van der Waals surface area contributed by atoms with Crippen LogP contribution in [0.3, 0.4) is 0 Å². The lowest BCUT2D eigenvalue weighted by molar-refractivity contribution is -0.159. The van der Waals surface area contributed by atoms with Crippen LogP contribution in [0.25, 0.3) is 0 Å². The SMILES string of the molecule is C[C@H](C(=O)OCC(=O)NNC(=O)c1ccc(Cl)cc1)N1C(=O)[C@@H]2C3c4ccccc4C(c4ccccc43)[C@H]2C1=O. The molecule has 1 heterocycles. The van der Waals surface area contributed by atoms with Crippen LogP contribution in [-0.2, 0) is 23.9 Å². The highest BCUT2D eigenvalue weighted by Crippen LogP contribution is 2.61. The maximum absolute atomic E-state index is 13.7. The number of amides is 4. The number of rotatable bonds is 5. The van der Waals surface area contributed by atoms with E-state index in [9.17, 15) is 24.0 Å². The number of esters is 1. The topological polar surface area (TPSA) is 122 Å². The van der Waals surface area contributed by atoms with E-state index >= 15 is 0 Å². The molecule has 1 aliphatic heterocycles. The molecule has 202 valence electrons. The fourth-order valence-corrected chi connectivity index (χ4v) is 6.41. The third kappa shape index (κ3) is 4.05. The van der Waals surface area contributed by atoms with Crippen LogP contribution in [0, 0.1) is 11.8 Å². The largest absolute Gasteiger partial charge is 0.454 e. The van der Waals surface area contributed by atoms with E-state index in [2.05, 4.69) is 10.9 Å². The minimum absolute atomic E-state index is 0.265. The molecule has 2 bridgehead atoms. The van der Waals surface area contributed by atoms with Gasteiger partial charge in [0.05, 0.1) is 11.8 Å². The summed E-state index contributed by atoms with van der Waals surface area (Å²) < 4.78 is 5.11. The summed E-state index contributed by atoms with van der Waals surface area (Å²) in [7, 11) is 0. The van der Waals surface area contributed by atoms with E-state index in [-0.39, 0.29) is 17.4 Å². The van der Waals surface area contributed by atoms with Crippen molar-refractivity contribution in [2.45, 2.75) is 24.8 Å². The van der Waals surface area contributed by atoms with Crippen molar-refractivity contribution in [2.24, 2.45) is 11.8 Å². The molecule has 10 heteroatoms. The van der Waals surface area contributed by atoms with Crippen molar-refractivity contribution in [2.75, 3.05) is 6.61 Å². The quantitative estimate of drug-likeness (QED) is 0.283. The van der Waals surface area contributed by atoms with Gasteiger partial charge in [0.15, 0.2) is 6.61 Å². The summed E-state index contributed by atoms with van der Waals surface area (Å²) in [4.78, 5) is 65.7. The number of hydrogen-bond acceptors (Lipinski definition) is 6. The molecule has 1 saturated heterocycles. The fourth-order valence-electron chi connectivity index (χ4n) is 6.28. The van der Waals surface area contributed by atoms with E-state index in [0.29, 0.717) is 5.02 Å². The maximum Gasteiger partial charge on any atom is 0.329 e. The number of nitrogens with zero attached hydrogens (tertiary/aromatic N) is 1. The lowest BCUT2D eigenvalue weighted by atomic mass is 9.55. The van der Waals surface area contributed by atoms with Crippen molar-refractivity contribution in [1.82, 2.24) is 15.8 Å². The molecule has 40 heavy (non-hydrogen) atoms. The van der Waals surface area contributed by atoms with E-state index in [1.54, 1.807) is 0 Å². The van der Waals surface area contributed by atoms with Crippen LogP contribution in [0.2, 0.25) is 5.02 Å². The van der Waals surface area contributed by atoms with E-state index < -0.39 is 54.1 Å². The Hall–Kier alpha value is -4.50. The molecule has 3 atom stereocenters. The standard InChI is InChI=1S/C30H24ClN3O6/c1-15(30(39)40-14-22(35)32-33-27(36)16-10-12-17(31)13-11-16)34-28(37)25-23-18-6-2-3-7-19(18)24(26(25)29(34)38)21-9-5-4-8-20(21)23/h2-13,15,23-26H,14H2,1H3,(H,32,35)(H,33,36)/t15-,23?,24?,25-,26-/m1/s1. The molecule has 9 nitrogen and oxygen atoms in total. The van der Waals surface area contributed by atoms with Crippen molar-refractivity contribution in [3.05, 3.63) is 106 Å². The molecule has 4 amide bonds. The summed E-state index contributed by atoms with van der Waals surface area (Å²) in [6.07, 6.45) is 0. The Morgan fingerprint density at radius 3 is 1.75 bits per heavy atom. The predicted molar refractivity (Wildman–Crippen MR) is 143 cm³/mol. The lowest BCUT2D eigenvalue weighted by Crippen LogP contribution is -2.47. The fraction of sp³-hybridized carbons (Fsp3) is 0.233. The highest BCUT2D eigenvalue weighted by atomic mass is 35.5. The van der Waals surface area contributed by atoms with Gasteiger partial charge in [-0.2, -0.15) is 0 Å². The van der Waals surface area contributed by atoms with Gasteiger partial charge in [-0.25, -0.2) is 4.79 Å². The summed E-state index contributed by atoms with van der Waals surface area (Å²) >= 11 is 5.81. The minimum atomic E-state index is -1.23. The number of halogens is 1. The highest BCUT2D eigenvalue weighted by molar-refractivity contribution is 6.30. The number of benzene rings is 3. The number of hydrogen-bond donors (Lipinski definition) is 2. The van der Waals surface area contributed by atoms with Crippen LogP contribution < -0.4 is 10.9 Å². The smallest absolute Gasteiger partial charge is 0.329 e. The molecule has 3 aliphatic carbocycles. The average molecular weight is 558 g/mol. The summed E-state index contributed by atoms with van der Waals surface area (Å²) in [5.74, 6) is -4.94. The predicted octanol–water partition coefficient (Wildman–Crippen LogP) is 2.92. The molecular weight excluding hydrogens is 534 g/mol. The van der Waals surface area contributed by atoms with Gasteiger partial charge in [-0.05, 0) is 53.4 Å². The van der Waals surface area contributed by atoms with Gasteiger partial charge >= 0.3 is 5.97 Å². The van der Waals surface area contributed by atoms with E-state index in [4.69, 9.17) is 16.3 Å². The number of nitrogens with one attached hydrogen (secondary N) is 2. The molecule has 3 aromatic rings. The number of imide groups is 1. The van der Waals surface area contributed by atoms with Gasteiger partial charge < -0.3 is 4.74 Å². The van der Waals surface area contributed by atoms with E-state index in [1.807, 2.05) is 48.5 Å². The molecule has 2 N–H and O–H groups in total. The van der Waals surface area contributed by atoms with Crippen molar-refractivity contribution < 1.29 is 28.7 Å². The van der Waals surface area contributed by atoms with Crippen molar-refractivity contribution in [3.8, 4) is 0 Å². The number of carbonyl (C=O) groups excluding carboxylic acids is 5. The normalized spacial score (nSPS) is 22.6. The van der Waals surface area contributed by atoms with Crippen molar-refractivity contribution in [3.63, 3.8) is 0 Å². The van der Waals surface area contributed by atoms with E-state index in [0.717, 1.165) is 27.2 Å². The maximum atomic E-state index is 13.7. The van der Waals surface area contributed by atoms with Gasteiger partial charge in [-0.1, -0.05) is 60.1 Å². The molecular formula is C30H24ClN3O6. The summed E-state index contributed by atoms with van der Waals surface area (Å²) in [6.45, 7) is 0.702. The van der Waals surface area contributed by atoms with Crippen molar-refractivity contribution >= 4 is 41.2 Å².